The van der Waals surface area contributed by atoms with E-state index in [1.54, 1.807) is 13.8 Å². The number of rotatable bonds is 3. The van der Waals surface area contributed by atoms with Crippen LogP contribution in [0.3, 0.4) is 0 Å². The Morgan fingerprint density at radius 2 is 1.89 bits per heavy atom. The molecule has 0 saturated carbocycles. The lowest BCUT2D eigenvalue weighted by Crippen LogP contribution is -2.40. The molecule has 2 heterocycles. The first kappa shape index (κ1) is 13.0. The fourth-order valence-corrected chi connectivity index (χ4v) is 1.61. The van der Waals surface area contributed by atoms with Crippen LogP contribution in [0.2, 0.25) is 0 Å². The van der Waals surface area contributed by atoms with Crippen molar-refractivity contribution in [1.29, 1.82) is 0 Å². The molecule has 1 unspecified atom stereocenters. The first-order valence-electron chi connectivity index (χ1n) is 5.54. The minimum Gasteiger partial charge on any atom is -0.379 e. The second-order valence-electron chi connectivity index (χ2n) is 4.42. The van der Waals surface area contributed by atoms with Crippen molar-refractivity contribution in [3.05, 3.63) is 0 Å². The Hall–Kier alpha value is -2.45. The number of aromatic nitrogens is 2. The van der Waals surface area contributed by atoms with Gasteiger partial charge in [-0.15, -0.1) is 0 Å². The van der Waals surface area contributed by atoms with E-state index in [4.69, 9.17) is 4.84 Å². The predicted octanol–water partition coefficient (Wildman–Crippen LogP) is 0.521. The third kappa shape index (κ3) is 2.69. The van der Waals surface area contributed by atoms with Crippen LogP contribution in [0.25, 0.3) is 0 Å². The summed E-state index contributed by atoms with van der Waals surface area (Å²) >= 11 is 0. The highest BCUT2D eigenvalue weighted by Crippen LogP contribution is 2.26. The van der Waals surface area contributed by atoms with E-state index in [0.717, 1.165) is 5.71 Å². The molecule has 1 atom stereocenters. The Morgan fingerprint density at radius 1 is 1.26 bits per heavy atom. The van der Waals surface area contributed by atoms with Crippen LogP contribution in [0.15, 0.2) is 9.78 Å². The molecule has 1 aromatic rings. The standard InChI is InChI=1S/C10H13N5O4/c1-5-4-10(3,18-13-5)9(17)12-8-7(11-6(2)16)14-19-15-8/h4H2,1-3H3,(H,11,14,16)(H,12,15,17). The van der Waals surface area contributed by atoms with Crippen molar-refractivity contribution in [3.8, 4) is 0 Å². The summed E-state index contributed by atoms with van der Waals surface area (Å²) in [4.78, 5) is 28.1. The second-order valence-corrected chi connectivity index (χ2v) is 4.42. The van der Waals surface area contributed by atoms with Gasteiger partial charge in [0.1, 0.15) is 0 Å². The summed E-state index contributed by atoms with van der Waals surface area (Å²) < 4.78 is 4.47. The van der Waals surface area contributed by atoms with Crippen LogP contribution in [0.4, 0.5) is 11.6 Å². The Kier molecular flexibility index (Phi) is 3.19. The smallest absolute Gasteiger partial charge is 0.272 e. The van der Waals surface area contributed by atoms with E-state index in [9.17, 15) is 9.59 Å². The number of carbonyl (C=O) groups excluding carboxylic acids is 2. The monoisotopic (exact) mass is 267 g/mol. The molecule has 0 saturated heterocycles. The Labute approximate surface area is 108 Å². The van der Waals surface area contributed by atoms with Gasteiger partial charge in [-0.3, -0.25) is 9.59 Å². The number of nitrogens with zero attached hydrogens (tertiary/aromatic N) is 3. The molecule has 9 heteroatoms. The van der Waals surface area contributed by atoms with E-state index in [1.807, 2.05) is 0 Å². The summed E-state index contributed by atoms with van der Waals surface area (Å²) in [5.41, 5.74) is -0.380. The molecule has 1 aromatic heterocycles. The van der Waals surface area contributed by atoms with Crippen LogP contribution >= 0.6 is 0 Å². The molecule has 0 radical (unpaired) electrons. The van der Waals surface area contributed by atoms with E-state index < -0.39 is 11.5 Å². The maximum Gasteiger partial charge on any atom is 0.272 e. The third-order valence-electron chi connectivity index (χ3n) is 2.49. The summed E-state index contributed by atoms with van der Waals surface area (Å²) in [7, 11) is 0. The minimum atomic E-state index is -1.10. The zero-order chi connectivity index (χ0) is 14.0. The van der Waals surface area contributed by atoms with Crippen LogP contribution in [0.5, 0.6) is 0 Å². The molecule has 0 fully saturated rings. The molecule has 1 aliphatic heterocycles. The number of amides is 2. The fraction of sp³-hybridized carbons (Fsp3) is 0.500. The van der Waals surface area contributed by atoms with Crippen molar-refractivity contribution in [2.45, 2.75) is 32.8 Å². The molecule has 19 heavy (non-hydrogen) atoms. The largest absolute Gasteiger partial charge is 0.379 e. The van der Waals surface area contributed by atoms with Gasteiger partial charge in [0.2, 0.25) is 23.1 Å². The normalized spacial score (nSPS) is 21.5. The van der Waals surface area contributed by atoms with E-state index in [-0.39, 0.29) is 17.5 Å². The van der Waals surface area contributed by atoms with Crippen LogP contribution < -0.4 is 10.6 Å². The van der Waals surface area contributed by atoms with Crippen molar-refractivity contribution >= 4 is 29.2 Å². The highest BCUT2D eigenvalue weighted by atomic mass is 16.7. The molecule has 0 bridgehead atoms. The van der Waals surface area contributed by atoms with Crippen molar-refractivity contribution in [1.82, 2.24) is 10.3 Å². The Balaban J connectivity index is 2.08. The lowest BCUT2D eigenvalue weighted by molar-refractivity contribution is -0.136. The quantitative estimate of drug-likeness (QED) is 0.824. The summed E-state index contributed by atoms with van der Waals surface area (Å²) in [6.07, 6.45) is 0.375. The third-order valence-corrected chi connectivity index (χ3v) is 2.49. The lowest BCUT2D eigenvalue weighted by atomic mass is 9.99. The number of carbonyl (C=O) groups is 2. The molecule has 0 aliphatic carbocycles. The van der Waals surface area contributed by atoms with Gasteiger partial charge in [0.15, 0.2) is 0 Å². The van der Waals surface area contributed by atoms with Crippen LogP contribution in [0, 0.1) is 0 Å². The summed E-state index contributed by atoms with van der Waals surface area (Å²) in [5.74, 6) is -0.737. The number of oxime groups is 1. The van der Waals surface area contributed by atoms with Gasteiger partial charge in [0, 0.05) is 13.3 Å². The highest BCUT2D eigenvalue weighted by Gasteiger charge is 2.41. The summed E-state index contributed by atoms with van der Waals surface area (Å²) in [6.45, 7) is 4.67. The van der Waals surface area contributed by atoms with E-state index in [1.165, 1.54) is 6.92 Å². The van der Waals surface area contributed by atoms with Gasteiger partial charge in [-0.05, 0) is 24.2 Å². The topological polar surface area (TPSA) is 119 Å². The molecule has 0 aromatic carbocycles. The van der Waals surface area contributed by atoms with E-state index in [2.05, 4.69) is 30.7 Å². The maximum absolute atomic E-state index is 12.1. The highest BCUT2D eigenvalue weighted by molar-refractivity contribution is 6.03. The Bertz CT molecular complexity index is 552. The number of nitrogens with one attached hydrogen (secondary N) is 2. The minimum absolute atomic E-state index is 0.0228. The van der Waals surface area contributed by atoms with Crippen LogP contribution in [-0.4, -0.2) is 33.4 Å². The molecule has 2 N–H and O–H groups in total. The number of hydrogen-bond donors (Lipinski definition) is 2. The first-order chi connectivity index (χ1) is 8.90. The maximum atomic E-state index is 12.1. The molecule has 9 nitrogen and oxygen atoms in total. The molecule has 0 spiro atoms. The van der Waals surface area contributed by atoms with Gasteiger partial charge in [-0.25, -0.2) is 4.63 Å². The van der Waals surface area contributed by atoms with Gasteiger partial charge in [-0.2, -0.15) is 0 Å². The lowest BCUT2D eigenvalue weighted by Gasteiger charge is -2.19. The van der Waals surface area contributed by atoms with Gasteiger partial charge in [-0.1, -0.05) is 5.16 Å². The van der Waals surface area contributed by atoms with Crippen molar-refractivity contribution in [2.24, 2.45) is 5.16 Å². The molecule has 102 valence electrons. The Morgan fingerprint density at radius 3 is 2.42 bits per heavy atom. The van der Waals surface area contributed by atoms with Gasteiger partial charge < -0.3 is 15.5 Å². The van der Waals surface area contributed by atoms with Gasteiger partial charge in [0.05, 0.1) is 5.71 Å². The summed E-state index contributed by atoms with van der Waals surface area (Å²) in [5, 5.41) is 15.6. The average molecular weight is 267 g/mol. The molecular formula is C10H13N5O4. The fourth-order valence-electron chi connectivity index (χ4n) is 1.61. The zero-order valence-electron chi connectivity index (χ0n) is 10.7. The summed E-state index contributed by atoms with van der Waals surface area (Å²) in [6, 6.07) is 0. The van der Waals surface area contributed by atoms with Crippen molar-refractivity contribution in [3.63, 3.8) is 0 Å². The van der Waals surface area contributed by atoms with E-state index >= 15 is 0 Å². The first-order valence-corrected chi connectivity index (χ1v) is 5.54. The van der Waals surface area contributed by atoms with Gasteiger partial charge >= 0.3 is 0 Å². The molecule has 1 aliphatic rings. The van der Waals surface area contributed by atoms with E-state index in [0.29, 0.717) is 6.42 Å². The molecule has 2 amide bonds. The number of hydrogen-bond acceptors (Lipinski definition) is 7. The van der Waals surface area contributed by atoms with Crippen molar-refractivity contribution in [2.75, 3.05) is 10.6 Å². The molecule has 2 rings (SSSR count). The van der Waals surface area contributed by atoms with Crippen LogP contribution in [0.1, 0.15) is 27.2 Å². The predicted molar refractivity (Wildman–Crippen MR) is 64.4 cm³/mol. The second kappa shape index (κ2) is 4.67. The zero-order valence-corrected chi connectivity index (χ0v) is 10.7. The van der Waals surface area contributed by atoms with Crippen LogP contribution in [-0.2, 0) is 14.4 Å². The SMILES string of the molecule is CC(=O)Nc1nonc1NC(=O)C1(C)CC(C)=NO1. The average Bonchev–Trinajstić information content (AvgIpc) is 2.87. The number of anilines is 2. The van der Waals surface area contributed by atoms with Crippen molar-refractivity contribution < 1.29 is 19.1 Å². The van der Waals surface area contributed by atoms with Gasteiger partial charge in [0.25, 0.3) is 5.91 Å². The molecular weight excluding hydrogens is 254 g/mol.